The summed E-state index contributed by atoms with van der Waals surface area (Å²) in [4.78, 5) is 10.1. The van der Waals surface area contributed by atoms with Crippen LogP contribution in [0.15, 0.2) is 30.3 Å². The van der Waals surface area contributed by atoms with Crippen LogP contribution in [0.25, 0.3) is 11.1 Å². The number of nitro groups is 1. The summed E-state index contributed by atoms with van der Waals surface area (Å²) in [5.74, 6) is 0. The first-order chi connectivity index (χ1) is 8.91. The second-order valence-corrected chi connectivity index (χ2v) is 5.19. The van der Waals surface area contributed by atoms with Crippen molar-refractivity contribution in [1.82, 2.24) is 0 Å². The molecule has 0 radical (unpaired) electrons. The molecule has 7 heteroatoms. The van der Waals surface area contributed by atoms with E-state index in [-0.39, 0.29) is 25.8 Å². The highest BCUT2D eigenvalue weighted by Gasteiger charge is 2.15. The number of benzene rings is 2. The molecule has 0 unspecified atom stereocenters. The number of hydrogen-bond acceptors (Lipinski definition) is 2. The van der Waals surface area contributed by atoms with E-state index >= 15 is 0 Å². The smallest absolute Gasteiger partial charge is 0.258 e. The maximum absolute atomic E-state index is 10.6. The third-order valence-corrected chi connectivity index (χ3v) is 4.24. The van der Waals surface area contributed by atoms with Gasteiger partial charge in [0.05, 0.1) is 25.0 Å². The van der Waals surface area contributed by atoms with Gasteiger partial charge in [0.15, 0.2) is 0 Å². The number of nitro benzene ring substituents is 1. The molecule has 0 fully saturated rings. The van der Waals surface area contributed by atoms with Crippen LogP contribution in [0, 0.1) is 10.1 Å². The van der Waals surface area contributed by atoms with Gasteiger partial charge in [-0.2, -0.15) is 0 Å². The van der Waals surface area contributed by atoms with Gasteiger partial charge in [-0.05, 0) is 23.8 Å². The molecule has 0 amide bonds. The molecule has 0 saturated carbocycles. The first-order valence-electron chi connectivity index (χ1n) is 4.99. The molecular weight excluding hydrogens is 332 g/mol. The quantitative estimate of drug-likeness (QED) is 0.297. The summed E-state index contributed by atoms with van der Waals surface area (Å²) < 4.78 is 0. The minimum absolute atomic E-state index is 0.00831. The largest absolute Gasteiger partial charge is 0.269 e. The van der Waals surface area contributed by atoms with Crippen molar-refractivity contribution in [2.45, 2.75) is 0 Å². The molecule has 0 bridgehead atoms. The molecule has 0 heterocycles. The Labute approximate surface area is 128 Å². The molecule has 2 aromatic rings. The minimum atomic E-state index is -0.479. The van der Waals surface area contributed by atoms with E-state index < -0.39 is 4.92 Å². The maximum atomic E-state index is 10.6. The van der Waals surface area contributed by atoms with Crippen LogP contribution in [0.5, 0.6) is 0 Å². The van der Waals surface area contributed by atoms with Crippen LogP contribution in [0.2, 0.25) is 20.1 Å². The molecule has 98 valence electrons. The molecule has 3 nitrogen and oxygen atoms in total. The Balaban J connectivity index is 2.56. The number of hydrogen-bond donors (Lipinski definition) is 0. The van der Waals surface area contributed by atoms with Gasteiger partial charge in [-0.15, -0.1) is 0 Å². The van der Waals surface area contributed by atoms with Crippen LogP contribution in [0.1, 0.15) is 0 Å². The molecule has 0 atom stereocenters. The molecule has 0 aliphatic carbocycles. The fraction of sp³-hybridized carbons (Fsp3) is 0. The number of rotatable bonds is 2. The summed E-state index contributed by atoms with van der Waals surface area (Å²) in [7, 11) is 0. The lowest BCUT2D eigenvalue weighted by Crippen LogP contribution is -1.88. The van der Waals surface area contributed by atoms with E-state index in [0.717, 1.165) is 0 Å². The highest BCUT2D eigenvalue weighted by molar-refractivity contribution is 6.52. The molecule has 0 aromatic heterocycles. The number of non-ortho nitro benzene ring substituents is 1. The fourth-order valence-corrected chi connectivity index (χ4v) is 2.46. The van der Waals surface area contributed by atoms with Crippen LogP contribution in [0.3, 0.4) is 0 Å². The zero-order valence-electron chi connectivity index (χ0n) is 9.16. The van der Waals surface area contributed by atoms with E-state index in [1.54, 1.807) is 18.2 Å². The van der Waals surface area contributed by atoms with E-state index in [1.165, 1.54) is 12.1 Å². The monoisotopic (exact) mass is 335 g/mol. The lowest BCUT2D eigenvalue weighted by atomic mass is 10.1. The molecule has 19 heavy (non-hydrogen) atoms. The Morgan fingerprint density at radius 3 is 2.00 bits per heavy atom. The highest BCUT2D eigenvalue weighted by atomic mass is 35.5. The van der Waals surface area contributed by atoms with Crippen molar-refractivity contribution in [3.05, 3.63) is 60.5 Å². The standard InChI is InChI=1S/C12H5Cl4NO2/c13-9-5-8(10(14)12(16)11(9)15)6-1-3-7(4-2-6)17(18)19/h1-5H. The molecular formula is C12H5Cl4NO2. The molecule has 0 N–H and O–H groups in total. The Morgan fingerprint density at radius 1 is 0.895 bits per heavy atom. The van der Waals surface area contributed by atoms with Gasteiger partial charge in [-0.1, -0.05) is 46.4 Å². The Morgan fingerprint density at radius 2 is 1.47 bits per heavy atom. The second-order valence-electron chi connectivity index (χ2n) is 3.65. The Kier molecular flexibility index (Phi) is 4.21. The summed E-state index contributed by atoms with van der Waals surface area (Å²) >= 11 is 23.9. The van der Waals surface area contributed by atoms with Crippen molar-refractivity contribution in [2.24, 2.45) is 0 Å². The second kappa shape index (κ2) is 5.55. The van der Waals surface area contributed by atoms with Crippen molar-refractivity contribution < 1.29 is 4.92 Å². The Bertz CT molecular complexity index is 656. The molecule has 2 aromatic carbocycles. The third-order valence-electron chi connectivity index (χ3n) is 2.49. The average molecular weight is 337 g/mol. The fourth-order valence-electron chi connectivity index (χ4n) is 1.55. The van der Waals surface area contributed by atoms with Gasteiger partial charge in [0.2, 0.25) is 0 Å². The lowest BCUT2D eigenvalue weighted by molar-refractivity contribution is -0.384. The van der Waals surface area contributed by atoms with E-state index in [2.05, 4.69) is 0 Å². The van der Waals surface area contributed by atoms with E-state index in [1.807, 2.05) is 0 Å². The maximum Gasteiger partial charge on any atom is 0.269 e. The van der Waals surface area contributed by atoms with Crippen LogP contribution >= 0.6 is 46.4 Å². The summed E-state index contributed by atoms with van der Waals surface area (Å²) in [5, 5.41) is 11.4. The van der Waals surface area contributed by atoms with Crippen molar-refractivity contribution in [3.8, 4) is 11.1 Å². The van der Waals surface area contributed by atoms with Crippen LogP contribution in [0.4, 0.5) is 5.69 Å². The van der Waals surface area contributed by atoms with Gasteiger partial charge in [0.1, 0.15) is 0 Å². The minimum Gasteiger partial charge on any atom is -0.258 e. The Hall–Kier alpha value is -1.000. The highest BCUT2D eigenvalue weighted by Crippen LogP contribution is 2.42. The van der Waals surface area contributed by atoms with E-state index in [0.29, 0.717) is 11.1 Å². The lowest BCUT2D eigenvalue weighted by Gasteiger charge is -2.09. The van der Waals surface area contributed by atoms with Crippen molar-refractivity contribution >= 4 is 52.1 Å². The normalized spacial score (nSPS) is 10.5. The first kappa shape index (κ1) is 14.4. The van der Waals surface area contributed by atoms with E-state index in [9.17, 15) is 10.1 Å². The predicted octanol–water partition coefficient (Wildman–Crippen LogP) is 5.88. The van der Waals surface area contributed by atoms with Gasteiger partial charge >= 0.3 is 0 Å². The topological polar surface area (TPSA) is 43.1 Å². The molecule has 0 aliphatic heterocycles. The SMILES string of the molecule is O=[N+]([O-])c1ccc(-c2cc(Cl)c(Cl)c(Cl)c2Cl)cc1. The van der Waals surface area contributed by atoms with Gasteiger partial charge in [0, 0.05) is 17.7 Å². The molecule has 0 aliphatic rings. The zero-order valence-corrected chi connectivity index (χ0v) is 12.2. The summed E-state index contributed by atoms with van der Waals surface area (Å²) in [6, 6.07) is 7.46. The van der Waals surface area contributed by atoms with Crippen molar-refractivity contribution in [1.29, 1.82) is 0 Å². The van der Waals surface area contributed by atoms with Gasteiger partial charge in [-0.3, -0.25) is 10.1 Å². The van der Waals surface area contributed by atoms with Crippen LogP contribution < -0.4 is 0 Å². The van der Waals surface area contributed by atoms with Crippen LogP contribution in [-0.4, -0.2) is 4.92 Å². The predicted molar refractivity (Wildman–Crippen MR) is 78.6 cm³/mol. The van der Waals surface area contributed by atoms with Gasteiger partial charge < -0.3 is 0 Å². The average Bonchev–Trinajstić information content (AvgIpc) is 2.40. The van der Waals surface area contributed by atoms with Crippen molar-refractivity contribution in [3.63, 3.8) is 0 Å². The van der Waals surface area contributed by atoms with Crippen molar-refractivity contribution in [2.75, 3.05) is 0 Å². The van der Waals surface area contributed by atoms with E-state index in [4.69, 9.17) is 46.4 Å². The summed E-state index contributed by atoms with van der Waals surface area (Å²) in [6.45, 7) is 0. The van der Waals surface area contributed by atoms with Gasteiger partial charge in [-0.25, -0.2) is 0 Å². The number of halogens is 4. The number of nitrogens with zero attached hydrogens (tertiary/aromatic N) is 1. The van der Waals surface area contributed by atoms with Crippen LogP contribution in [-0.2, 0) is 0 Å². The third kappa shape index (κ3) is 2.79. The molecule has 0 spiro atoms. The van der Waals surface area contributed by atoms with Gasteiger partial charge in [0.25, 0.3) is 5.69 Å². The summed E-state index contributed by atoms with van der Waals surface area (Å²) in [5.41, 5.74) is 1.22. The first-order valence-corrected chi connectivity index (χ1v) is 6.51. The zero-order chi connectivity index (χ0) is 14.2. The molecule has 2 rings (SSSR count). The molecule has 0 saturated heterocycles. The summed E-state index contributed by atoms with van der Waals surface area (Å²) in [6.07, 6.45) is 0.